The smallest absolute Gasteiger partial charge is 0.164 e. The number of fused-ring (bicyclic) bond motifs is 8. The summed E-state index contributed by atoms with van der Waals surface area (Å²) in [5.74, 6) is 1.91. The van der Waals surface area contributed by atoms with Gasteiger partial charge in [-0.05, 0) is 72.1 Å². The fraction of sp³-hybridized carbons (Fsp3) is 0.0185. The summed E-state index contributed by atoms with van der Waals surface area (Å²) in [6.07, 6.45) is 0. The van der Waals surface area contributed by atoms with Crippen LogP contribution in [0.25, 0.3) is 78.0 Å². The zero-order chi connectivity index (χ0) is 37.8. The Morgan fingerprint density at radius 1 is 0.298 bits per heavy atom. The molecule has 1 aliphatic rings. The van der Waals surface area contributed by atoms with E-state index in [1.165, 1.54) is 54.9 Å². The summed E-state index contributed by atoms with van der Waals surface area (Å²) >= 11 is 0. The molecule has 0 radical (unpaired) electrons. The van der Waals surface area contributed by atoms with Crippen molar-refractivity contribution in [2.75, 3.05) is 0 Å². The van der Waals surface area contributed by atoms with Crippen LogP contribution in [-0.2, 0) is 5.41 Å². The molecule has 0 fully saturated rings. The van der Waals surface area contributed by atoms with Crippen LogP contribution in [0.5, 0.6) is 0 Å². The van der Waals surface area contributed by atoms with Crippen LogP contribution < -0.4 is 0 Å². The van der Waals surface area contributed by atoms with Gasteiger partial charge in [-0.15, -0.1) is 0 Å². The highest BCUT2D eigenvalue weighted by molar-refractivity contribution is 6.19. The summed E-state index contributed by atoms with van der Waals surface area (Å²) in [6.45, 7) is 0. The quantitative estimate of drug-likeness (QED) is 0.160. The van der Waals surface area contributed by atoms with Crippen LogP contribution in [0.15, 0.2) is 212 Å². The molecule has 1 heterocycles. The molecule has 0 bridgehead atoms. The van der Waals surface area contributed by atoms with Gasteiger partial charge in [0.05, 0.1) is 5.41 Å². The van der Waals surface area contributed by atoms with Crippen LogP contribution in [-0.4, -0.2) is 15.0 Å². The summed E-state index contributed by atoms with van der Waals surface area (Å²) in [5.41, 5.74) is 12.1. The van der Waals surface area contributed by atoms with E-state index in [0.717, 1.165) is 27.8 Å². The number of hydrogen-bond donors (Lipinski definition) is 0. The summed E-state index contributed by atoms with van der Waals surface area (Å²) in [5, 5.41) is 5.08. The molecule has 0 N–H and O–H groups in total. The average molecular weight is 726 g/mol. The number of hydrogen-bond acceptors (Lipinski definition) is 3. The number of nitrogens with zero attached hydrogens (tertiary/aromatic N) is 3. The van der Waals surface area contributed by atoms with Crippen LogP contribution in [0.1, 0.15) is 22.3 Å². The Morgan fingerprint density at radius 3 is 1.44 bits per heavy atom. The second-order valence-corrected chi connectivity index (χ2v) is 14.7. The minimum Gasteiger partial charge on any atom is -0.208 e. The highest BCUT2D eigenvalue weighted by Crippen LogP contribution is 2.60. The SMILES string of the molecule is c1ccc(-c2cccc(-c3nc(-c4ccccc4)nc(-c4ccc(C5(c6ccccc6)c6ccccc6-c6c5c5ccccc5c5ccccc65)cc4)n3)c2)cc1. The van der Waals surface area contributed by atoms with Crippen molar-refractivity contribution in [1.29, 1.82) is 0 Å². The average Bonchev–Trinajstić information content (AvgIpc) is 3.62. The van der Waals surface area contributed by atoms with Gasteiger partial charge in [-0.25, -0.2) is 15.0 Å². The van der Waals surface area contributed by atoms with E-state index in [1.54, 1.807) is 0 Å². The van der Waals surface area contributed by atoms with Crippen LogP contribution in [0.2, 0.25) is 0 Å². The van der Waals surface area contributed by atoms with Crippen molar-refractivity contribution in [3.05, 3.63) is 235 Å². The fourth-order valence-corrected chi connectivity index (χ4v) is 9.12. The number of benzene rings is 9. The monoisotopic (exact) mass is 725 g/mol. The number of aromatic nitrogens is 3. The van der Waals surface area contributed by atoms with Gasteiger partial charge in [-0.3, -0.25) is 0 Å². The van der Waals surface area contributed by atoms with Crippen molar-refractivity contribution in [3.63, 3.8) is 0 Å². The minimum atomic E-state index is -0.577. The Labute approximate surface area is 331 Å². The van der Waals surface area contributed by atoms with Crippen LogP contribution in [0.4, 0.5) is 0 Å². The van der Waals surface area contributed by atoms with Crippen molar-refractivity contribution in [3.8, 4) is 56.4 Å². The molecule has 0 spiro atoms. The van der Waals surface area contributed by atoms with Crippen LogP contribution in [0, 0.1) is 0 Å². The van der Waals surface area contributed by atoms with Gasteiger partial charge in [-0.1, -0.05) is 206 Å². The lowest BCUT2D eigenvalue weighted by Gasteiger charge is -2.35. The highest BCUT2D eigenvalue weighted by atomic mass is 15.0. The standard InChI is InChI=1S/C54H35N3/c1-4-17-36(18-5-1)39-21-16-22-40(35-39)53-56-51(37-19-6-2-7-20-37)55-52(57-53)38-31-33-42(34-32-38)54(41-23-8-3-9-24-41)48-30-15-14-29-47(48)49-45-27-12-10-25-43(45)44-26-11-13-28-46(44)50(49)54/h1-35H. The van der Waals surface area contributed by atoms with Crippen molar-refractivity contribution in [2.45, 2.75) is 5.41 Å². The van der Waals surface area contributed by atoms with E-state index in [1.807, 2.05) is 24.3 Å². The maximum Gasteiger partial charge on any atom is 0.164 e. The van der Waals surface area contributed by atoms with Gasteiger partial charge in [0, 0.05) is 16.7 Å². The Bertz CT molecular complexity index is 3100. The maximum absolute atomic E-state index is 5.16. The van der Waals surface area contributed by atoms with E-state index >= 15 is 0 Å². The molecule has 1 aliphatic carbocycles. The normalized spacial score (nSPS) is 14.4. The fourth-order valence-electron chi connectivity index (χ4n) is 9.12. The summed E-state index contributed by atoms with van der Waals surface area (Å²) in [6, 6.07) is 75.8. The lowest BCUT2D eigenvalue weighted by atomic mass is 9.66. The second kappa shape index (κ2) is 13.4. The van der Waals surface area contributed by atoms with E-state index in [-0.39, 0.29) is 0 Å². The van der Waals surface area contributed by atoms with Gasteiger partial charge < -0.3 is 0 Å². The largest absolute Gasteiger partial charge is 0.208 e. The summed E-state index contributed by atoms with van der Waals surface area (Å²) < 4.78 is 0. The van der Waals surface area contributed by atoms with Crippen molar-refractivity contribution in [1.82, 2.24) is 15.0 Å². The maximum atomic E-state index is 5.16. The zero-order valence-corrected chi connectivity index (χ0v) is 31.0. The highest BCUT2D eigenvalue weighted by Gasteiger charge is 2.47. The minimum absolute atomic E-state index is 0.577. The summed E-state index contributed by atoms with van der Waals surface area (Å²) in [4.78, 5) is 15.3. The van der Waals surface area contributed by atoms with Gasteiger partial charge >= 0.3 is 0 Å². The molecule has 11 rings (SSSR count). The second-order valence-electron chi connectivity index (χ2n) is 14.7. The third-order valence-corrected chi connectivity index (χ3v) is 11.6. The van der Waals surface area contributed by atoms with Gasteiger partial charge in [0.25, 0.3) is 0 Å². The molecule has 10 aromatic rings. The van der Waals surface area contributed by atoms with E-state index < -0.39 is 5.41 Å². The first kappa shape index (κ1) is 32.9. The molecule has 0 saturated carbocycles. The Kier molecular flexibility index (Phi) is 7.71. The molecule has 3 nitrogen and oxygen atoms in total. The molecule has 1 unspecified atom stereocenters. The van der Waals surface area contributed by atoms with E-state index in [2.05, 4.69) is 188 Å². The van der Waals surface area contributed by atoms with Gasteiger partial charge in [0.1, 0.15) is 0 Å². The molecule has 0 saturated heterocycles. The Morgan fingerprint density at radius 2 is 0.754 bits per heavy atom. The van der Waals surface area contributed by atoms with Gasteiger partial charge in [0.15, 0.2) is 17.5 Å². The molecule has 57 heavy (non-hydrogen) atoms. The van der Waals surface area contributed by atoms with E-state index in [9.17, 15) is 0 Å². The lowest BCUT2D eigenvalue weighted by molar-refractivity contribution is 0.776. The first-order valence-electron chi connectivity index (χ1n) is 19.4. The first-order chi connectivity index (χ1) is 28.3. The van der Waals surface area contributed by atoms with Gasteiger partial charge in [0.2, 0.25) is 0 Å². The Hall–Kier alpha value is -7.49. The van der Waals surface area contributed by atoms with E-state index in [0.29, 0.717) is 17.5 Å². The predicted molar refractivity (Wildman–Crippen MR) is 234 cm³/mol. The third kappa shape index (κ3) is 5.24. The van der Waals surface area contributed by atoms with Gasteiger partial charge in [-0.2, -0.15) is 0 Å². The van der Waals surface area contributed by atoms with Crippen molar-refractivity contribution in [2.24, 2.45) is 0 Å². The molecular formula is C54H35N3. The Balaban J connectivity index is 1.13. The van der Waals surface area contributed by atoms with Crippen molar-refractivity contribution >= 4 is 21.5 Å². The number of rotatable bonds is 6. The molecule has 3 heteroatoms. The van der Waals surface area contributed by atoms with E-state index in [4.69, 9.17) is 15.0 Å². The predicted octanol–water partition coefficient (Wildman–Crippen LogP) is 13.2. The van der Waals surface area contributed by atoms with Crippen LogP contribution in [0.3, 0.4) is 0 Å². The summed E-state index contributed by atoms with van der Waals surface area (Å²) in [7, 11) is 0. The molecular weight excluding hydrogens is 691 g/mol. The first-order valence-corrected chi connectivity index (χ1v) is 19.4. The molecule has 0 aliphatic heterocycles. The molecule has 9 aromatic carbocycles. The molecule has 266 valence electrons. The topological polar surface area (TPSA) is 38.7 Å². The zero-order valence-electron chi connectivity index (χ0n) is 31.0. The third-order valence-electron chi connectivity index (χ3n) is 11.6. The molecule has 1 atom stereocenters. The van der Waals surface area contributed by atoms with Crippen LogP contribution >= 0.6 is 0 Å². The van der Waals surface area contributed by atoms with Crippen molar-refractivity contribution < 1.29 is 0 Å². The molecule has 0 amide bonds. The molecule has 1 aromatic heterocycles. The lowest BCUT2D eigenvalue weighted by Crippen LogP contribution is -2.28.